The zero-order chi connectivity index (χ0) is 12.2. The predicted molar refractivity (Wildman–Crippen MR) is 71.1 cm³/mol. The second kappa shape index (κ2) is 3.83. The molecule has 0 radical (unpaired) electrons. The largest absolute Gasteiger partial charge is 0.329 e. The van der Waals surface area contributed by atoms with E-state index in [2.05, 4.69) is 17.5 Å². The molecule has 0 aliphatic heterocycles. The van der Waals surface area contributed by atoms with Crippen molar-refractivity contribution < 1.29 is 0 Å². The topological polar surface area (TPSA) is 43.8 Å². The lowest BCUT2D eigenvalue weighted by atomic mass is 9.48. The molecule has 0 amide bonds. The van der Waals surface area contributed by atoms with Gasteiger partial charge in [-0.05, 0) is 67.3 Å². The molecule has 5 rings (SSSR count). The van der Waals surface area contributed by atoms with Crippen molar-refractivity contribution in [1.82, 2.24) is 9.78 Å². The molecular weight excluding hydrogens is 222 g/mol. The van der Waals surface area contributed by atoms with Crippen molar-refractivity contribution >= 4 is 0 Å². The lowest BCUT2D eigenvalue weighted by Crippen LogP contribution is -2.48. The Kier molecular flexibility index (Phi) is 2.35. The minimum atomic E-state index is 0.488. The molecule has 0 unspecified atom stereocenters. The molecule has 1 heterocycles. The first-order valence-corrected chi connectivity index (χ1v) is 7.50. The van der Waals surface area contributed by atoms with E-state index in [9.17, 15) is 0 Å². The number of aromatic nitrogens is 2. The SMILES string of the molecule is NCCn1cc(C23CC4CC(CC(C4)C2)C3)cn1. The van der Waals surface area contributed by atoms with Gasteiger partial charge < -0.3 is 5.73 Å². The number of nitrogens with two attached hydrogens (primary N) is 1. The number of rotatable bonds is 3. The van der Waals surface area contributed by atoms with Crippen LogP contribution in [0, 0.1) is 17.8 Å². The Balaban J connectivity index is 1.66. The standard InChI is InChI=1S/C15H23N3/c16-1-2-18-10-14(9-17-18)15-6-11-3-12(7-15)5-13(4-11)8-15/h9-13H,1-8,16H2. The third-order valence-corrected chi connectivity index (χ3v) is 5.64. The van der Waals surface area contributed by atoms with Crippen LogP contribution in [-0.2, 0) is 12.0 Å². The summed E-state index contributed by atoms with van der Waals surface area (Å²) < 4.78 is 2.04. The molecule has 2 N–H and O–H groups in total. The van der Waals surface area contributed by atoms with Crippen molar-refractivity contribution in [2.45, 2.75) is 50.5 Å². The van der Waals surface area contributed by atoms with Gasteiger partial charge in [-0.1, -0.05) is 0 Å². The Morgan fingerprint density at radius 1 is 1.17 bits per heavy atom. The zero-order valence-corrected chi connectivity index (χ0v) is 11.0. The van der Waals surface area contributed by atoms with Crippen molar-refractivity contribution in [2.24, 2.45) is 23.5 Å². The first kappa shape index (κ1) is 11.0. The van der Waals surface area contributed by atoms with Crippen LogP contribution in [0.15, 0.2) is 12.4 Å². The van der Waals surface area contributed by atoms with Crippen molar-refractivity contribution in [3.05, 3.63) is 18.0 Å². The third-order valence-electron chi connectivity index (χ3n) is 5.64. The first-order valence-electron chi connectivity index (χ1n) is 7.50. The quantitative estimate of drug-likeness (QED) is 0.888. The maximum absolute atomic E-state index is 5.62. The average molecular weight is 245 g/mol. The highest BCUT2D eigenvalue weighted by atomic mass is 15.3. The lowest BCUT2D eigenvalue weighted by Gasteiger charge is -2.56. The van der Waals surface area contributed by atoms with Gasteiger partial charge in [-0.15, -0.1) is 0 Å². The summed E-state index contributed by atoms with van der Waals surface area (Å²) in [6.45, 7) is 1.54. The molecule has 18 heavy (non-hydrogen) atoms. The summed E-state index contributed by atoms with van der Waals surface area (Å²) >= 11 is 0. The second-order valence-corrected chi connectivity index (χ2v) is 6.98. The van der Waals surface area contributed by atoms with Crippen molar-refractivity contribution in [3.8, 4) is 0 Å². The van der Waals surface area contributed by atoms with Gasteiger partial charge in [0.25, 0.3) is 0 Å². The fraction of sp³-hybridized carbons (Fsp3) is 0.800. The van der Waals surface area contributed by atoms with Gasteiger partial charge in [0.15, 0.2) is 0 Å². The number of hydrogen-bond acceptors (Lipinski definition) is 2. The molecule has 4 aliphatic carbocycles. The molecule has 4 bridgehead atoms. The zero-order valence-electron chi connectivity index (χ0n) is 11.0. The van der Waals surface area contributed by atoms with Gasteiger partial charge in [0, 0.05) is 12.7 Å². The predicted octanol–water partition coefficient (Wildman–Crippen LogP) is 2.31. The van der Waals surface area contributed by atoms with Crippen LogP contribution < -0.4 is 5.73 Å². The third kappa shape index (κ3) is 1.56. The van der Waals surface area contributed by atoms with Gasteiger partial charge in [0.1, 0.15) is 0 Å². The first-order chi connectivity index (χ1) is 8.77. The highest BCUT2D eigenvalue weighted by Gasteiger charge is 2.51. The maximum atomic E-state index is 5.62. The van der Waals surface area contributed by atoms with Crippen molar-refractivity contribution in [3.63, 3.8) is 0 Å². The molecule has 0 spiro atoms. The lowest BCUT2D eigenvalue weighted by molar-refractivity contribution is -0.00522. The Hall–Kier alpha value is -0.830. The molecule has 0 aromatic carbocycles. The molecule has 0 saturated heterocycles. The number of nitrogens with zero attached hydrogens (tertiary/aromatic N) is 2. The maximum Gasteiger partial charge on any atom is 0.0531 e. The summed E-state index contributed by atoms with van der Waals surface area (Å²) in [5.41, 5.74) is 7.61. The van der Waals surface area contributed by atoms with Crippen LogP contribution in [0.3, 0.4) is 0 Å². The fourth-order valence-corrected chi connectivity index (χ4v) is 5.36. The van der Waals surface area contributed by atoms with E-state index in [4.69, 9.17) is 5.73 Å². The van der Waals surface area contributed by atoms with E-state index < -0.39 is 0 Å². The smallest absolute Gasteiger partial charge is 0.0531 e. The molecule has 1 aromatic rings. The van der Waals surface area contributed by atoms with Crippen LogP contribution >= 0.6 is 0 Å². The van der Waals surface area contributed by atoms with Gasteiger partial charge in [0.05, 0.1) is 12.7 Å². The van der Waals surface area contributed by atoms with Crippen LogP contribution in [0.1, 0.15) is 44.1 Å². The summed E-state index contributed by atoms with van der Waals surface area (Å²) in [6.07, 6.45) is 13.2. The monoisotopic (exact) mass is 245 g/mol. The van der Waals surface area contributed by atoms with Crippen LogP contribution in [0.4, 0.5) is 0 Å². The fourth-order valence-electron chi connectivity index (χ4n) is 5.36. The van der Waals surface area contributed by atoms with Crippen LogP contribution in [0.5, 0.6) is 0 Å². The summed E-state index contributed by atoms with van der Waals surface area (Å²) in [4.78, 5) is 0. The Bertz CT molecular complexity index is 413. The minimum Gasteiger partial charge on any atom is -0.329 e. The normalized spacial score (nSPS) is 41.5. The van der Waals surface area contributed by atoms with E-state index in [0.29, 0.717) is 12.0 Å². The Labute approximate surface area is 109 Å². The van der Waals surface area contributed by atoms with E-state index in [1.807, 2.05) is 4.68 Å². The molecule has 98 valence electrons. The highest BCUT2D eigenvalue weighted by Crippen LogP contribution is 2.60. The number of hydrogen-bond donors (Lipinski definition) is 1. The molecule has 3 nitrogen and oxygen atoms in total. The van der Waals surface area contributed by atoms with Gasteiger partial charge in [-0.2, -0.15) is 5.10 Å². The van der Waals surface area contributed by atoms with E-state index in [0.717, 1.165) is 24.3 Å². The van der Waals surface area contributed by atoms with E-state index in [1.165, 1.54) is 44.1 Å². The summed E-state index contributed by atoms with van der Waals surface area (Å²) in [5, 5.41) is 4.50. The molecule has 1 aromatic heterocycles. The van der Waals surface area contributed by atoms with Gasteiger partial charge in [-0.25, -0.2) is 0 Å². The van der Waals surface area contributed by atoms with Gasteiger partial charge in [-0.3, -0.25) is 4.68 Å². The Morgan fingerprint density at radius 3 is 2.33 bits per heavy atom. The molecular formula is C15H23N3. The molecule has 4 aliphatic rings. The van der Waals surface area contributed by atoms with Crippen molar-refractivity contribution in [2.75, 3.05) is 6.54 Å². The molecule has 3 heteroatoms. The van der Waals surface area contributed by atoms with E-state index >= 15 is 0 Å². The minimum absolute atomic E-state index is 0.488. The van der Waals surface area contributed by atoms with E-state index in [1.54, 1.807) is 0 Å². The average Bonchev–Trinajstić information content (AvgIpc) is 2.77. The molecule has 0 atom stereocenters. The summed E-state index contributed by atoms with van der Waals surface area (Å²) in [5.74, 6) is 3.03. The van der Waals surface area contributed by atoms with Crippen LogP contribution in [0.25, 0.3) is 0 Å². The summed E-state index contributed by atoms with van der Waals surface area (Å²) in [7, 11) is 0. The van der Waals surface area contributed by atoms with Crippen LogP contribution in [0.2, 0.25) is 0 Å². The molecule has 4 fully saturated rings. The second-order valence-electron chi connectivity index (χ2n) is 6.98. The Morgan fingerprint density at radius 2 is 1.78 bits per heavy atom. The van der Waals surface area contributed by atoms with E-state index in [-0.39, 0.29) is 0 Å². The van der Waals surface area contributed by atoms with Crippen LogP contribution in [-0.4, -0.2) is 16.3 Å². The van der Waals surface area contributed by atoms with Crippen molar-refractivity contribution in [1.29, 1.82) is 0 Å². The van der Waals surface area contributed by atoms with Gasteiger partial charge in [0.2, 0.25) is 0 Å². The molecule has 4 saturated carbocycles. The van der Waals surface area contributed by atoms with Gasteiger partial charge >= 0.3 is 0 Å². The highest BCUT2D eigenvalue weighted by molar-refractivity contribution is 5.25. The summed E-state index contributed by atoms with van der Waals surface area (Å²) in [6, 6.07) is 0.